The van der Waals surface area contributed by atoms with Gasteiger partial charge in [0.2, 0.25) is 0 Å². The van der Waals surface area contributed by atoms with Gasteiger partial charge in [-0.2, -0.15) is 0 Å². The highest BCUT2D eigenvalue weighted by Gasteiger charge is 2.32. The number of carbonyl (C=O) groups excluding carboxylic acids is 1. The van der Waals surface area contributed by atoms with Crippen molar-refractivity contribution in [2.75, 3.05) is 24.5 Å². The Hall–Kier alpha value is -2.19. The third-order valence-corrected chi connectivity index (χ3v) is 7.09. The lowest BCUT2D eigenvalue weighted by Gasteiger charge is -2.32. The predicted octanol–water partition coefficient (Wildman–Crippen LogP) is 3.93. The van der Waals surface area contributed by atoms with Gasteiger partial charge in [0.25, 0.3) is 11.5 Å². The second-order valence-corrected chi connectivity index (χ2v) is 9.62. The Morgan fingerprint density at radius 2 is 2.03 bits per heavy atom. The molecule has 2 aromatic heterocycles. The van der Waals surface area contributed by atoms with Gasteiger partial charge in [-0.05, 0) is 43.4 Å². The number of thioether (sulfide) groups is 1. The van der Waals surface area contributed by atoms with Gasteiger partial charge in [-0.15, -0.1) is 0 Å². The van der Waals surface area contributed by atoms with E-state index in [1.807, 2.05) is 18.2 Å². The summed E-state index contributed by atoms with van der Waals surface area (Å²) in [7, 11) is 0. The molecule has 0 saturated carbocycles. The Morgan fingerprint density at radius 3 is 2.77 bits per heavy atom. The molecule has 0 atom stereocenters. The zero-order valence-corrected chi connectivity index (χ0v) is 19.0. The molecule has 0 spiro atoms. The van der Waals surface area contributed by atoms with Crippen molar-refractivity contribution in [2.24, 2.45) is 5.92 Å². The number of rotatable bonds is 5. The van der Waals surface area contributed by atoms with E-state index in [4.69, 9.17) is 17.2 Å². The minimum atomic E-state index is -0.159. The van der Waals surface area contributed by atoms with Crippen LogP contribution in [-0.4, -0.2) is 44.1 Å². The van der Waals surface area contributed by atoms with Crippen LogP contribution < -0.4 is 10.5 Å². The van der Waals surface area contributed by atoms with Crippen molar-refractivity contribution in [3.63, 3.8) is 0 Å². The molecule has 6 nitrogen and oxygen atoms in total. The Morgan fingerprint density at radius 1 is 1.27 bits per heavy atom. The van der Waals surface area contributed by atoms with Crippen LogP contribution in [0.1, 0.15) is 45.1 Å². The maximum absolute atomic E-state index is 13.4. The van der Waals surface area contributed by atoms with Crippen LogP contribution in [0.15, 0.2) is 34.1 Å². The summed E-state index contributed by atoms with van der Waals surface area (Å²) >= 11 is 6.69. The molecule has 4 rings (SSSR count). The SMILES string of the molecule is CCCCN1C(=O)/C(=C\c2c(N3CCC(C)CC3)nc3ccccn3c2=O)SC1=S. The lowest BCUT2D eigenvalue weighted by Crippen LogP contribution is -2.36. The molecular formula is C22H26N4O2S2. The second-order valence-electron chi connectivity index (χ2n) is 7.94. The number of nitrogens with zero attached hydrogens (tertiary/aromatic N) is 4. The molecule has 0 N–H and O–H groups in total. The van der Waals surface area contributed by atoms with E-state index in [9.17, 15) is 9.59 Å². The highest BCUT2D eigenvalue weighted by atomic mass is 32.2. The summed E-state index contributed by atoms with van der Waals surface area (Å²) in [5.41, 5.74) is 0.918. The zero-order valence-electron chi connectivity index (χ0n) is 17.3. The quantitative estimate of drug-likeness (QED) is 0.517. The van der Waals surface area contributed by atoms with Gasteiger partial charge >= 0.3 is 0 Å². The van der Waals surface area contributed by atoms with Gasteiger partial charge in [0, 0.05) is 25.8 Å². The lowest BCUT2D eigenvalue weighted by molar-refractivity contribution is -0.122. The van der Waals surface area contributed by atoms with E-state index in [1.165, 1.54) is 11.8 Å². The molecule has 158 valence electrons. The Labute approximate surface area is 186 Å². The Bertz CT molecular complexity index is 1070. The van der Waals surface area contributed by atoms with Crippen LogP contribution in [0, 0.1) is 5.92 Å². The molecule has 0 aliphatic carbocycles. The number of fused-ring (bicyclic) bond motifs is 1. The number of hydrogen-bond donors (Lipinski definition) is 0. The maximum atomic E-state index is 13.4. The first kappa shape index (κ1) is 21.1. The largest absolute Gasteiger partial charge is 0.356 e. The van der Waals surface area contributed by atoms with Crippen LogP contribution in [0.2, 0.25) is 0 Å². The molecule has 8 heteroatoms. The zero-order chi connectivity index (χ0) is 21.3. The van der Waals surface area contributed by atoms with Gasteiger partial charge < -0.3 is 4.90 Å². The second kappa shape index (κ2) is 8.89. The summed E-state index contributed by atoms with van der Waals surface area (Å²) in [6.07, 6.45) is 7.44. The highest BCUT2D eigenvalue weighted by molar-refractivity contribution is 8.26. The number of aromatic nitrogens is 2. The summed E-state index contributed by atoms with van der Waals surface area (Å²) < 4.78 is 2.10. The molecule has 2 saturated heterocycles. The monoisotopic (exact) mass is 442 g/mol. The number of piperidine rings is 1. The number of amides is 1. The molecule has 0 aromatic carbocycles. The van der Waals surface area contributed by atoms with Gasteiger partial charge in [-0.1, -0.05) is 50.3 Å². The first-order valence-electron chi connectivity index (χ1n) is 10.5. The number of pyridine rings is 1. The molecule has 0 radical (unpaired) electrons. The molecule has 4 heterocycles. The van der Waals surface area contributed by atoms with Crippen LogP contribution >= 0.6 is 24.0 Å². The number of anilines is 1. The number of carbonyl (C=O) groups is 1. The predicted molar refractivity (Wildman–Crippen MR) is 127 cm³/mol. The number of unbranched alkanes of at least 4 members (excludes halogenated alkanes) is 1. The summed E-state index contributed by atoms with van der Waals surface area (Å²) in [6.45, 7) is 6.66. The van der Waals surface area contributed by atoms with E-state index in [0.717, 1.165) is 38.8 Å². The fraction of sp³-hybridized carbons (Fsp3) is 0.455. The summed E-state index contributed by atoms with van der Waals surface area (Å²) in [4.78, 5) is 35.4. The van der Waals surface area contributed by atoms with Crippen molar-refractivity contribution in [1.29, 1.82) is 0 Å². The molecule has 0 unspecified atom stereocenters. The van der Waals surface area contributed by atoms with E-state index in [2.05, 4.69) is 18.7 Å². The van der Waals surface area contributed by atoms with Crippen molar-refractivity contribution in [3.8, 4) is 0 Å². The summed E-state index contributed by atoms with van der Waals surface area (Å²) in [6, 6.07) is 5.53. The fourth-order valence-corrected chi connectivity index (χ4v) is 5.11. The number of thiocarbonyl (C=S) groups is 1. The fourth-order valence-electron chi connectivity index (χ4n) is 3.82. The third kappa shape index (κ3) is 4.03. The van der Waals surface area contributed by atoms with Crippen molar-refractivity contribution in [1.82, 2.24) is 14.3 Å². The van der Waals surface area contributed by atoms with Gasteiger partial charge in [0.15, 0.2) is 0 Å². The molecule has 2 aromatic rings. The molecule has 2 aliphatic heterocycles. The summed E-state index contributed by atoms with van der Waals surface area (Å²) in [5.74, 6) is 1.22. The molecular weight excluding hydrogens is 416 g/mol. The van der Waals surface area contributed by atoms with Gasteiger partial charge in [0.1, 0.15) is 15.8 Å². The van der Waals surface area contributed by atoms with Crippen LogP contribution in [0.25, 0.3) is 11.7 Å². The van der Waals surface area contributed by atoms with Gasteiger partial charge in [0.05, 0.1) is 10.5 Å². The molecule has 0 bridgehead atoms. The average Bonchev–Trinajstić information content (AvgIpc) is 3.01. The van der Waals surface area contributed by atoms with E-state index in [0.29, 0.717) is 38.7 Å². The number of hydrogen-bond acceptors (Lipinski definition) is 6. The van der Waals surface area contributed by atoms with Crippen LogP contribution in [-0.2, 0) is 4.79 Å². The van der Waals surface area contributed by atoms with Crippen molar-refractivity contribution >= 4 is 51.7 Å². The van der Waals surface area contributed by atoms with Crippen LogP contribution in [0.4, 0.5) is 5.82 Å². The Kier molecular flexibility index (Phi) is 6.24. The minimum absolute atomic E-state index is 0.116. The molecule has 2 aliphatic rings. The highest BCUT2D eigenvalue weighted by Crippen LogP contribution is 2.34. The van der Waals surface area contributed by atoms with E-state index < -0.39 is 0 Å². The molecule has 30 heavy (non-hydrogen) atoms. The molecule has 1 amide bonds. The normalized spacial score (nSPS) is 19.5. The summed E-state index contributed by atoms with van der Waals surface area (Å²) in [5, 5.41) is 0. The molecule has 2 fully saturated rings. The van der Waals surface area contributed by atoms with Crippen molar-refractivity contribution in [2.45, 2.75) is 39.5 Å². The first-order valence-corrected chi connectivity index (χ1v) is 11.7. The lowest BCUT2D eigenvalue weighted by atomic mass is 9.99. The van der Waals surface area contributed by atoms with Crippen LogP contribution in [0.3, 0.4) is 0 Å². The first-order chi connectivity index (χ1) is 14.5. The van der Waals surface area contributed by atoms with Crippen molar-refractivity contribution in [3.05, 3.63) is 45.2 Å². The van der Waals surface area contributed by atoms with Crippen LogP contribution in [0.5, 0.6) is 0 Å². The maximum Gasteiger partial charge on any atom is 0.267 e. The van der Waals surface area contributed by atoms with E-state index in [1.54, 1.807) is 21.6 Å². The minimum Gasteiger partial charge on any atom is -0.356 e. The standard InChI is InChI=1S/C22H26N4O2S2/c1-3-4-10-26-21(28)17(30-22(26)29)14-16-19(24-12-8-15(2)9-13-24)23-18-7-5-6-11-25(18)20(16)27/h5-7,11,14-15H,3-4,8-10,12-13H2,1-2H3/b17-14+. The average molecular weight is 443 g/mol. The van der Waals surface area contributed by atoms with E-state index >= 15 is 0 Å². The smallest absolute Gasteiger partial charge is 0.267 e. The van der Waals surface area contributed by atoms with Gasteiger partial charge in [-0.25, -0.2) is 4.98 Å². The Balaban J connectivity index is 1.79. The van der Waals surface area contributed by atoms with E-state index in [-0.39, 0.29) is 11.5 Å². The third-order valence-electron chi connectivity index (χ3n) is 5.72. The van der Waals surface area contributed by atoms with Crippen molar-refractivity contribution < 1.29 is 4.79 Å². The topological polar surface area (TPSA) is 57.9 Å². The van der Waals surface area contributed by atoms with Gasteiger partial charge in [-0.3, -0.25) is 18.9 Å².